The first kappa shape index (κ1) is 19.8. The van der Waals surface area contributed by atoms with E-state index >= 15 is 0 Å². The van der Waals surface area contributed by atoms with E-state index in [1.165, 1.54) is 21.7 Å². The Labute approximate surface area is 171 Å². The number of thiocarbonyl (C=S) groups is 1. The van der Waals surface area contributed by atoms with Crippen LogP contribution in [-0.2, 0) is 0 Å². The summed E-state index contributed by atoms with van der Waals surface area (Å²) in [6.07, 6.45) is 2.13. The Bertz CT molecular complexity index is 817. The minimum absolute atomic E-state index is 0.759. The molecule has 0 radical (unpaired) electrons. The molecule has 1 heterocycles. The van der Waals surface area contributed by atoms with Crippen molar-refractivity contribution in [3.63, 3.8) is 0 Å². The van der Waals surface area contributed by atoms with E-state index in [1.807, 2.05) is 0 Å². The summed E-state index contributed by atoms with van der Waals surface area (Å²) in [5, 5.41) is 4.14. The molecule has 0 bridgehead atoms. The van der Waals surface area contributed by atoms with Crippen molar-refractivity contribution in [2.24, 2.45) is 0 Å². The first-order valence-electron chi connectivity index (χ1n) is 9.12. The van der Waals surface area contributed by atoms with E-state index in [0.29, 0.717) is 0 Å². The zero-order chi connectivity index (χ0) is 19.4. The van der Waals surface area contributed by atoms with E-state index in [9.17, 15) is 0 Å². The largest absolute Gasteiger partial charge is 0.495 e. The number of hydrogen-bond acceptors (Lipinski definition) is 4. The molecule has 0 aromatic heterocycles. The molecule has 1 aliphatic heterocycles. The first-order chi connectivity index (χ1) is 13.0. The van der Waals surface area contributed by atoms with E-state index in [2.05, 4.69) is 71.6 Å². The molecular formula is C21H27N3OS2. The quantitative estimate of drug-likeness (QED) is 0.597. The second kappa shape index (κ2) is 8.85. The first-order valence-corrected chi connectivity index (χ1v) is 10.8. The number of hydrogen-bond donors (Lipinski definition) is 1. The lowest BCUT2D eigenvalue weighted by Gasteiger charge is -2.38. The Morgan fingerprint density at radius 3 is 2.41 bits per heavy atom. The van der Waals surface area contributed by atoms with Crippen LogP contribution in [0.1, 0.15) is 11.1 Å². The summed E-state index contributed by atoms with van der Waals surface area (Å²) in [4.78, 5) is 6.01. The molecule has 2 aromatic rings. The minimum Gasteiger partial charge on any atom is -0.495 e. The number of benzene rings is 2. The van der Waals surface area contributed by atoms with Gasteiger partial charge in [0.15, 0.2) is 5.11 Å². The topological polar surface area (TPSA) is 27.7 Å². The van der Waals surface area contributed by atoms with E-state index in [0.717, 1.165) is 42.7 Å². The number of anilines is 2. The average molecular weight is 402 g/mol. The van der Waals surface area contributed by atoms with Crippen molar-refractivity contribution in [2.75, 3.05) is 49.8 Å². The maximum Gasteiger partial charge on any atom is 0.173 e. The maximum atomic E-state index is 5.68. The van der Waals surface area contributed by atoms with Crippen LogP contribution in [0.2, 0.25) is 0 Å². The summed E-state index contributed by atoms with van der Waals surface area (Å²) < 4.78 is 5.52. The van der Waals surface area contributed by atoms with Gasteiger partial charge in [0.2, 0.25) is 0 Å². The normalized spacial score (nSPS) is 14.2. The fourth-order valence-corrected chi connectivity index (χ4v) is 4.21. The predicted molar refractivity (Wildman–Crippen MR) is 121 cm³/mol. The van der Waals surface area contributed by atoms with Crippen molar-refractivity contribution < 1.29 is 4.74 Å². The molecule has 1 aliphatic rings. The van der Waals surface area contributed by atoms with Crippen molar-refractivity contribution in [2.45, 2.75) is 18.7 Å². The molecule has 1 N–H and O–H groups in total. The lowest BCUT2D eigenvalue weighted by Crippen LogP contribution is -2.50. The van der Waals surface area contributed by atoms with Gasteiger partial charge in [0.05, 0.1) is 18.5 Å². The molecule has 0 unspecified atom stereocenters. The highest BCUT2D eigenvalue weighted by Crippen LogP contribution is 2.30. The van der Waals surface area contributed by atoms with Gasteiger partial charge < -0.3 is 19.9 Å². The number of thioether (sulfide) groups is 1. The van der Waals surface area contributed by atoms with E-state index in [4.69, 9.17) is 17.0 Å². The molecule has 0 spiro atoms. The standard InChI is InChI=1S/C21H27N3OS2/c1-15-13-17(19(25-3)14-16(15)2)22-21(26)24-11-9-23(10-12-24)18-7-5-6-8-20(18)27-4/h5-8,13-14H,9-12H2,1-4H3,(H,22,26). The molecule has 1 saturated heterocycles. The highest BCUT2D eigenvalue weighted by atomic mass is 32.2. The zero-order valence-corrected chi connectivity index (χ0v) is 18.0. The van der Waals surface area contributed by atoms with Crippen LogP contribution in [0.25, 0.3) is 0 Å². The molecule has 0 aliphatic carbocycles. The van der Waals surface area contributed by atoms with Crippen LogP contribution in [0.15, 0.2) is 41.3 Å². The number of methoxy groups -OCH3 is 1. The molecule has 2 aromatic carbocycles. The summed E-state index contributed by atoms with van der Waals surface area (Å²) in [6.45, 7) is 7.92. The molecule has 0 saturated carbocycles. The van der Waals surface area contributed by atoms with E-state index < -0.39 is 0 Å². The molecule has 0 amide bonds. The zero-order valence-electron chi connectivity index (χ0n) is 16.4. The third-order valence-corrected chi connectivity index (χ3v) is 6.20. The van der Waals surface area contributed by atoms with Crippen LogP contribution in [0, 0.1) is 13.8 Å². The average Bonchev–Trinajstić information content (AvgIpc) is 2.70. The van der Waals surface area contributed by atoms with E-state index in [-0.39, 0.29) is 0 Å². The Kier molecular flexibility index (Phi) is 6.50. The molecule has 3 rings (SSSR count). The van der Waals surface area contributed by atoms with Crippen molar-refractivity contribution >= 4 is 40.5 Å². The Morgan fingerprint density at radius 1 is 1.07 bits per heavy atom. The van der Waals surface area contributed by atoms with Gasteiger partial charge in [0.1, 0.15) is 5.75 Å². The van der Waals surface area contributed by atoms with Gasteiger partial charge in [0, 0.05) is 31.1 Å². The molecule has 0 atom stereocenters. The molecular weight excluding hydrogens is 374 g/mol. The van der Waals surface area contributed by atoms with Crippen LogP contribution in [-0.4, -0.2) is 49.6 Å². The Hall–Kier alpha value is -1.92. The van der Waals surface area contributed by atoms with Gasteiger partial charge in [-0.2, -0.15) is 0 Å². The molecule has 6 heteroatoms. The summed E-state index contributed by atoms with van der Waals surface area (Å²) in [5.41, 5.74) is 4.68. The van der Waals surface area contributed by atoms with Gasteiger partial charge in [-0.3, -0.25) is 0 Å². The molecule has 1 fully saturated rings. The van der Waals surface area contributed by atoms with Gasteiger partial charge in [0.25, 0.3) is 0 Å². The number of para-hydroxylation sites is 1. The lowest BCUT2D eigenvalue weighted by molar-refractivity contribution is 0.389. The van der Waals surface area contributed by atoms with Crippen molar-refractivity contribution in [3.05, 3.63) is 47.5 Å². The summed E-state index contributed by atoms with van der Waals surface area (Å²) in [5.74, 6) is 0.827. The Morgan fingerprint density at radius 2 is 1.74 bits per heavy atom. The SMILES string of the molecule is COc1cc(C)c(C)cc1NC(=S)N1CCN(c2ccccc2SC)CC1. The van der Waals surface area contributed by atoms with Gasteiger partial charge in [-0.05, 0) is 67.7 Å². The second-order valence-electron chi connectivity index (χ2n) is 6.71. The molecule has 27 heavy (non-hydrogen) atoms. The summed E-state index contributed by atoms with van der Waals surface area (Å²) in [7, 11) is 1.69. The third kappa shape index (κ3) is 4.50. The number of aryl methyl sites for hydroxylation is 2. The smallest absolute Gasteiger partial charge is 0.173 e. The predicted octanol–water partition coefficient (Wildman–Crippen LogP) is 4.55. The highest BCUT2D eigenvalue weighted by molar-refractivity contribution is 7.98. The number of nitrogens with one attached hydrogen (secondary N) is 1. The highest BCUT2D eigenvalue weighted by Gasteiger charge is 2.21. The van der Waals surface area contributed by atoms with Gasteiger partial charge in [-0.25, -0.2) is 0 Å². The monoisotopic (exact) mass is 401 g/mol. The van der Waals surface area contributed by atoms with Crippen LogP contribution < -0.4 is 15.0 Å². The fourth-order valence-electron chi connectivity index (χ4n) is 3.29. The van der Waals surface area contributed by atoms with Gasteiger partial charge in [-0.15, -0.1) is 11.8 Å². The fraction of sp³-hybridized carbons (Fsp3) is 0.381. The van der Waals surface area contributed by atoms with Crippen LogP contribution in [0.3, 0.4) is 0 Å². The van der Waals surface area contributed by atoms with Crippen LogP contribution in [0.5, 0.6) is 5.75 Å². The number of rotatable bonds is 4. The van der Waals surface area contributed by atoms with Crippen molar-refractivity contribution in [1.29, 1.82) is 0 Å². The van der Waals surface area contributed by atoms with Gasteiger partial charge in [-0.1, -0.05) is 12.1 Å². The summed E-state index contributed by atoms with van der Waals surface area (Å²) in [6, 6.07) is 12.8. The summed E-state index contributed by atoms with van der Waals surface area (Å²) >= 11 is 7.48. The molecule has 144 valence electrons. The van der Waals surface area contributed by atoms with Crippen LogP contribution >= 0.6 is 24.0 Å². The molecule has 4 nitrogen and oxygen atoms in total. The minimum atomic E-state index is 0.759. The van der Waals surface area contributed by atoms with Crippen molar-refractivity contribution in [3.8, 4) is 5.75 Å². The third-order valence-electron chi connectivity index (χ3n) is 5.05. The van der Waals surface area contributed by atoms with E-state index in [1.54, 1.807) is 18.9 Å². The second-order valence-corrected chi connectivity index (χ2v) is 7.95. The Balaban J connectivity index is 1.65. The number of ether oxygens (including phenoxy) is 1. The maximum absolute atomic E-state index is 5.68. The number of nitrogens with zero attached hydrogens (tertiary/aromatic N) is 2. The van der Waals surface area contributed by atoms with Crippen LogP contribution in [0.4, 0.5) is 11.4 Å². The number of piperazine rings is 1. The van der Waals surface area contributed by atoms with Gasteiger partial charge >= 0.3 is 0 Å². The lowest BCUT2D eigenvalue weighted by atomic mass is 10.1. The van der Waals surface area contributed by atoms with Crippen molar-refractivity contribution in [1.82, 2.24) is 4.90 Å².